The largest absolute Gasteiger partial charge is 0.493 e. The van der Waals surface area contributed by atoms with Gasteiger partial charge < -0.3 is 28.8 Å². The van der Waals surface area contributed by atoms with E-state index in [2.05, 4.69) is 14.5 Å². The van der Waals surface area contributed by atoms with Gasteiger partial charge in [0.05, 0.1) is 13.7 Å². The summed E-state index contributed by atoms with van der Waals surface area (Å²) >= 11 is 0. The van der Waals surface area contributed by atoms with E-state index >= 15 is 0 Å². The highest BCUT2D eigenvalue weighted by atomic mass is 16.5. The minimum atomic E-state index is -0.0171. The number of carbonyl (C=O) groups is 2. The molecule has 3 heterocycles. The van der Waals surface area contributed by atoms with Gasteiger partial charge in [0.15, 0.2) is 11.5 Å². The molecule has 1 fully saturated rings. The minimum absolute atomic E-state index is 0.0171. The van der Waals surface area contributed by atoms with Crippen LogP contribution < -0.4 is 9.47 Å². The van der Waals surface area contributed by atoms with Crippen molar-refractivity contribution in [3.05, 3.63) is 66.6 Å². The van der Waals surface area contributed by atoms with Crippen LogP contribution in [0.4, 0.5) is 0 Å². The maximum absolute atomic E-state index is 13.7. The number of nitrogens with one attached hydrogen (secondary N) is 1. The van der Waals surface area contributed by atoms with E-state index in [0.29, 0.717) is 62.9 Å². The zero-order chi connectivity index (χ0) is 28.9. The summed E-state index contributed by atoms with van der Waals surface area (Å²) in [6.07, 6.45) is 9.17. The Bertz CT molecular complexity index is 1510. The van der Waals surface area contributed by atoms with Crippen molar-refractivity contribution in [1.82, 2.24) is 24.3 Å². The highest BCUT2D eigenvalue weighted by molar-refractivity contribution is 5.98. The standard InChI is InChI=1S/C33H39N5O4/c1-41-29-13-12-26-23-30(29)42-21-7-17-37(33(40)28-22-25-8-2-3-11-27(25)35-28)15-4-5-16-38(32(39)24-9-6-10-24)20-19-36-18-14-34-31(26)36/h2-3,8,11-14,18,22-24,35H,4-7,9-10,15-17,19-21H2,1H3. The molecule has 0 saturated heterocycles. The number of imidazole rings is 1. The van der Waals surface area contributed by atoms with Gasteiger partial charge in [0.1, 0.15) is 11.5 Å². The SMILES string of the molecule is COc1ccc2cc1OCCCN(C(=O)c1cc3ccccc3[nH]1)CCCCN(C(=O)C1CCC1)CCn1ccnc1-2. The van der Waals surface area contributed by atoms with Crippen LogP contribution in [0.1, 0.15) is 49.0 Å². The van der Waals surface area contributed by atoms with Crippen LogP contribution in [0.5, 0.6) is 11.5 Å². The second-order valence-corrected chi connectivity index (χ2v) is 11.2. The number of H-pyrrole nitrogens is 1. The number of aromatic nitrogens is 3. The van der Waals surface area contributed by atoms with Crippen molar-refractivity contribution >= 4 is 22.7 Å². The molecule has 2 amide bonds. The van der Waals surface area contributed by atoms with E-state index in [1.54, 1.807) is 13.3 Å². The Balaban J connectivity index is 1.25. The molecule has 2 aliphatic rings. The first-order valence-electron chi connectivity index (χ1n) is 15.1. The molecular formula is C33H39N5O4. The molecule has 1 N–H and O–H groups in total. The van der Waals surface area contributed by atoms with Crippen LogP contribution in [0.2, 0.25) is 0 Å². The molecule has 0 radical (unpaired) electrons. The highest BCUT2D eigenvalue weighted by Gasteiger charge is 2.29. The molecule has 1 saturated carbocycles. The molecule has 1 aliphatic carbocycles. The number of fused-ring (bicyclic) bond motifs is 5. The van der Waals surface area contributed by atoms with Crippen molar-refractivity contribution in [2.45, 2.75) is 45.1 Å². The molecule has 220 valence electrons. The van der Waals surface area contributed by atoms with Crippen LogP contribution in [0, 0.1) is 5.92 Å². The number of aromatic amines is 1. The normalized spacial score (nSPS) is 17.2. The zero-order valence-corrected chi connectivity index (χ0v) is 24.3. The van der Waals surface area contributed by atoms with E-state index < -0.39 is 0 Å². The quantitative estimate of drug-likeness (QED) is 0.358. The topological polar surface area (TPSA) is 92.7 Å². The van der Waals surface area contributed by atoms with Gasteiger partial charge in [-0.25, -0.2) is 4.98 Å². The van der Waals surface area contributed by atoms with E-state index in [1.165, 1.54) is 0 Å². The number of amides is 2. The number of rotatable bonds is 3. The van der Waals surface area contributed by atoms with Crippen LogP contribution in [-0.4, -0.2) is 76.0 Å². The summed E-state index contributed by atoms with van der Waals surface area (Å²) in [5, 5.41) is 1.02. The molecule has 42 heavy (non-hydrogen) atoms. The summed E-state index contributed by atoms with van der Waals surface area (Å²) in [5.41, 5.74) is 2.47. The molecule has 0 spiro atoms. The number of methoxy groups -OCH3 is 1. The highest BCUT2D eigenvalue weighted by Crippen LogP contribution is 2.33. The Kier molecular flexibility index (Phi) is 8.44. The lowest BCUT2D eigenvalue weighted by Gasteiger charge is -2.32. The number of carbonyl (C=O) groups excluding carboxylic acids is 2. The Hall–Kier alpha value is -4.27. The molecule has 1 aliphatic heterocycles. The number of nitrogens with zero attached hydrogens (tertiary/aromatic N) is 4. The molecule has 6 rings (SSSR count). The molecule has 9 nitrogen and oxygen atoms in total. The molecule has 9 heteroatoms. The summed E-state index contributed by atoms with van der Waals surface area (Å²) < 4.78 is 13.9. The third-order valence-electron chi connectivity index (χ3n) is 8.50. The fourth-order valence-electron chi connectivity index (χ4n) is 5.87. The fourth-order valence-corrected chi connectivity index (χ4v) is 5.87. The molecular weight excluding hydrogens is 530 g/mol. The van der Waals surface area contributed by atoms with Crippen molar-refractivity contribution in [3.8, 4) is 22.9 Å². The Labute approximate surface area is 246 Å². The summed E-state index contributed by atoms with van der Waals surface area (Å²) in [4.78, 5) is 38.9. The third kappa shape index (κ3) is 6.00. The number of benzene rings is 2. The first kappa shape index (κ1) is 27.9. The Morgan fingerprint density at radius 1 is 0.929 bits per heavy atom. The fraction of sp³-hybridized carbons (Fsp3) is 0.424. The van der Waals surface area contributed by atoms with Crippen molar-refractivity contribution < 1.29 is 19.1 Å². The molecule has 0 unspecified atom stereocenters. The van der Waals surface area contributed by atoms with Crippen LogP contribution in [-0.2, 0) is 11.3 Å². The van der Waals surface area contributed by atoms with Crippen molar-refractivity contribution in [1.29, 1.82) is 0 Å². The summed E-state index contributed by atoms with van der Waals surface area (Å²) in [7, 11) is 1.63. The van der Waals surface area contributed by atoms with E-state index in [0.717, 1.165) is 54.4 Å². The lowest BCUT2D eigenvalue weighted by atomic mass is 9.84. The van der Waals surface area contributed by atoms with E-state index in [9.17, 15) is 9.59 Å². The maximum Gasteiger partial charge on any atom is 0.270 e. The summed E-state index contributed by atoms with van der Waals surface area (Å²) in [6, 6.07) is 15.7. The van der Waals surface area contributed by atoms with E-state index in [4.69, 9.17) is 9.47 Å². The first-order valence-corrected chi connectivity index (χ1v) is 15.1. The Morgan fingerprint density at radius 3 is 2.52 bits per heavy atom. The minimum Gasteiger partial charge on any atom is -0.493 e. The van der Waals surface area contributed by atoms with Crippen LogP contribution in [0.15, 0.2) is 60.9 Å². The number of ether oxygens (including phenoxy) is 2. The van der Waals surface area contributed by atoms with E-state index in [1.807, 2.05) is 64.5 Å². The van der Waals surface area contributed by atoms with Gasteiger partial charge in [0.25, 0.3) is 5.91 Å². The van der Waals surface area contributed by atoms with Gasteiger partial charge in [-0.1, -0.05) is 24.6 Å². The number of hydrogen-bond acceptors (Lipinski definition) is 5. The van der Waals surface area contributed by atoms with E-state index in [-0.39, 0.29) is 17.7 Å². The maximum atomic E-state index is 13.7. The van der Waals surface area contributed by atoms with Gasteiger partial charge >= 0.3 is 0 Å². The predicted molar refractivity (Wildman–Crippen MR) is 162 cm³/mol. The average molecular weight is 570 g/mol. The van der Waals surface area contributed by atoms with Crippen molar-refractivity contribution in [3.63, 3.8) is 0 Å². The van der Waals surface area contributed by atoms with Crippen LogP contribution >= 0.6 is 0 Å². The first-order chi connectivity index (χ1) is 20.6. The lowest BCUT2D eigenvalue weighted by Crippen LogP contribution is -2.41. The Morgan fingerprint density at radius 2 is 1.74 bits per heavy atom. The second-order valence-electron chi connectivity index (χ2n) is 11.2. The van der Waals surface area contributed by atoms with Crippen molar-refractivity contribution in [2.75, 3.05) is 39.9 Å². The van der Waals surface area contributed by atoms with Crippen LogP contribution in [0.25, 0.3) is 22.3 Å². The predicted octanol–water partition coefficient (Wildman–Crippen LogP) is 5.37. The number of hydrogen-bond donors (Lipinski definition) is 1. The van der Waals surface area contributed by atoms with Gasteiger partial charge in [-0.3, -0.25) is 9.59 Å². The average Bonchev–Trinajstić information content (AvgIpc) is 3.63. The molecule has 4 aromatic rings. The lowest BCUT2D eigenvalue weighted by molar-refractivity contribution is -0.138. The second kappa shape index (κ2) is 12.7. The summed E-state index contributed by atoms with van der Waals surface area (Å²) in [6.45, 7) is 3.57. The van der Waals surface area contributed by atoms with Gasteiger partial charge in [0, 0.05) is 67.5 Å². The molecule has 2 aromatic heterocycles. The van der Waals surface area contributed by atoms with Crippen LogP contribution in [0.3, 0.4) is 0 Å². The van der Waals surface area contributed by atoms with Crippen molar-refractivity contribution in [2.24, 2.45) is 5.92 Å². The molecule has 0 atom stereocenters. The molecule has 2 aromatic carbocycles. The zero-order valence-electron chi connectivity index (χ0n) is 24.3. The van der Waals surface area contributed by atoms with Gasteiger partial charge in [-0.15, -0.1) is 0 Å². The van der Waals surface area contributed by atoms with Gasteiger partial charge in [0.2, 0.25) is 5.91 Å². The third-order valence-corrected chi connectivity index (χ3v) is 8.50. The molecule has 2 bridgehead atoms. The monoisotopic (exact) mass is 569 g/mol. The van der Waals surface area contributed by atoms with Gasteiger partial charge in [-0.2, -0.15) is 0 Å². The summed E-state index contributed by atoms with van der Waals surface area (Å²) in [5.74, 6) is 2.51. The number of para-hydroxylation sites is 1. The van der Waals surface area contributed by atoms with Gasteiger partial charge in [-0.05, 0) is 62.4 Å². The smallest absolute Gasteiger partial charge is 0.270 e.